The Balaban J connectivity index is 2.25. The number of hydrogen-bond acceptors (Lipinski definition) is 3. The molecule has 0 aliphatic carbocycles. The predicted octanol–water partition coefficient (Wildman–Crippen LogP) is 3.66. The van der Waals surface area contributed by atoms with Gasteiger partial charge in [-0.15, -0.1) is 0 Å². The Bertz CT molecular complexity index is 802. The second-order valence-electron chi connectivity index (χ2n) is 4.40. The summed E-state index contributed by atoms with van der Waals surface area (Å²) in [5.74, 6) is -3.99. The molecular weight excluding hydrogens is 398 g/mol. The number of aromatic nitrogens is 1. The van der Waals surface area contributed by atoms with Gasteiger partial charge >= 0.3 is 5.97 Å². The number of anilines is 1. The van der Waals surface area contributed by atoms with Gasteiger partial charge in [-0.1, -0.05) is 11.6 Å². The summed E-state index contributed by atoms with van der Waals surface area (Å²) in [5, 5.41) is 10.8. The van der Waals surface area contributed by atoms with Gasteiger partial charge in [-0.3, -0.25) is 4.79 Å². The molecule has 1 amide bonds. The first-order valence-electron chi connectivity index (χ1n) is 6.10. The number of carbonyl (C=O) groups is 2. The number of rotatable bonds is 4. The van der Waals surface area contributed by atoms with Gasteiger partial charge in [0.25, 0.3) is 0 Å². The number of amides is 1. The minimum atomic E-state index is -1.30. The van der Waals surface area contributed by atoms with Crippen LogP contribution in [-0.4, -0.2) is 22.0 Å². The fraction of sp³-hybridized carbons (Fsp3) is 0.0714. The van der Waals surface area contributed by atoms with Crippen LogP contribution in [0.15, 0.2) is 28.9 Å². The van der Waals surface area contributed by atoms with E-state index in [9.17, 15) is 18.4 Å². The summed E-state index contributed by atoms with van der Waals surface area (Å²) in [6, 6.07) is 2.95. The molecule has 0 saturated carbocycles. The van der Waals surface area contributed by atoms with E-state index in [0.29, 0.717) is 4.47 Å². The maximum Gasteiger partial charge on any atom is 0.339 e. The Hall–Kier alpha value is -2.06. The first kappa shape index (κ1) is 17.3. The van der Waals surface area contributed by atoms with Crippen LogP contribution in [0.1, 0.15) is 15.9 Å². The first-order chi connectivity index (χ1) is 10.8. The molecule has 1 aromatic carbocycles. The summed E-state index contributed by atoms with van der Waals surface area (Å²) in [4.78, 5) is 26.9. The van der Waals surface area contributed by atoms with Crippen molar-refractivity contribution in [1.29, 1.82) is 0 Å². The van der Waals surface area contributed by atoms with Gasteiger partial charge in [-0.25, -0.2) is 18.6 Å². The molecule has 0 unspecified atom stereocenters. The van der Waals surface area contributed by atoms with E-state index in [1.54, 1.807) is 0 Å². The quantitative estimate of drug-likeness (QED) is 0.761. The van der Waals surface area contributed by atoms with Crippen LogP contribution < -0.4 is 5.32 Å². The molecule has 2 aromatic rings. The van der Waals surface area contributed by atoms with Crippen molar-refractivity contribution in [3.05, 3.63) is 56.7 Å². The van der Waals surface area contributed by atoms with Crippen LogP contribution in [0.25, 0.3) is 0 Å². The number of carboxylic acids is 1. The number of halogens is 4. The molecule has 0 saturated heterocycles. The molecule has 23 heavy (non-hydrogen) atoms. The first-order valence-corrected chi connectivity index (χ1v) is 7.27. The van der Waals surface area contributed by atoms with Crippen molar-refractivity contribution >= 4 is 45.2 Å². The highest BCUT2D eigenvalue weighted by molar-refractivity contribution is 9.10. The number of carbonyl (C=O) groups excluding carboxylic acids is 1. The number of nitrogens with one attached hydrogen (secondary N) is 1. The smallest absolute Gasteiger partial charge is 0.339 e. The molecule has 2 N–H and O–H groups in total. The van der Waals surface area contributed by atoms with Crippen molar-refractivity contribution in [1.82, 2.24) is 4.98 Å². The van der Waals surface area contributed by atoms with Crippen LogP contribution in [0, 0.1) is 11.6 Å². The van der Waals surface area contributed by atoms with E-state index >= 15 is 0 Å². The molecule has 1 aromatic heterocycles. The molecule has 0 aliphatic heterocycles. The second-order valence-corrected chi connectivity index (χ2v) is 5.70. The van der Waals surface area contributed by atoms with Gasteiger partial charge in [0.2, 0.25) is 5.91 Å². The predicted molar refractivity (Wildman–Crippen MR) is 82.6 cm³/mol. The largest absolute Gasteiger partial charge is 0.478 e. The minimum Gasteiger partial charge on any atom is -0.478 e. The average Bonchev–Trinajstić information content (AvgIpc) is 2.49. The van der Waals surface area contributed by atoms with Gasteiger partial charge < -0.3 is 10.4 Å². The fourth-order valence-electron chi connectivity index (χ4n) is 1.77. The molecule has 5 nitrogen and oxygen atoms in total. The third-order valence-electron chi connectivity index (χ3n) is 2.82. The molecule has 0 atom stereocenters. The van der Waals surface area contributed by atoms with Crippen LogP contribution in [0.4, 0.5) is 14.6 Å². The Morgan fingerprint density at radius 3 is 2.61 bits per heavy atom. The summed E-state index contributed by atoms with van der Waals surface area (Å²) in [6.07, 6.45) is 0.719. The molecule has 2 rings (SSSR count). The lowest BCUT2D eigenvalue weighted by Crippen LogP contribution is -2.19. The number of hydrogen-bond donors (Lipinski definition) is 2. The maximum atomic E-state index is 13.6. The zero-order valence-corrected chi connectivity index (χ0v) is 13.6. The summed E-state index contributed by atoms with van der Waals surface area (Å²) >= 11 is 8.70. The van der Waals surface area contributed by atoms with E-state index in [2.05, 4.69) is 26.2 Å². The molecule has 0 fully saturated rings. The standard InChI is InChI=1S/C14H8BrClF2N2O3/c15-6-3-8(14(22)23)13(19-5-6)20-11(21)4-7-9(17)1-2-10(18)12(7)16/h1-3,5H,4H2,(H,22,23)(H,19,20,21). The van der Waals surface area contributed by atoms with Crippen LogP contribution in [0.5, 0.6) is 0 Å². The summed E-state index contributed by atoms with van der Waals surface area (Å²) < 4.78 is 27.4. The lowest BCUT2D eigenvalue weighted by Gasteiger charge is -2.09. The molecular formula is C14H8BrClF2N2O3. The van der Waals surface area contributed by atoms with Crippen molar-refractivity contribution in [3.8, 4) is 0 Å². The van der Waals surface area contributed by atoms with Crippen molar-refractivity contribution in [3.63, 3.8) is 0 Å². The number of pyridine rings is 1. The highest BCUT2D eigenvalue weighted by Crippen LogP contribution is 2.24. The van der Waals surface area contributed by atoms with Gasteiger partial charge in [-0.05, 0) is 34.1 Å². The van der Waals surface area contributed by atoms with E-state index in [1.807, 2.05) is 0 Å². The molecule has 0 radical (unpaired) electrons. The van der Waals surface area contributed by atoms with Gasteiger partial charge in [0.1, 0.15) is 23.0 Å². The van der Waals surface area contributed by atoms with Crippen molar-refractivity contribution in [2.24, 2.45) is 0 Å². The summed E-state index contributed by atoms with van der Waals surface area (Å²) in [5.41, 5.74) is -0.573. The third kappa shape index (κ3) is 4.02. The molecule has 0 spiro atoms. The monoisotopic (exact) mass is 404 g/mol. The van der Waals surface area contributed by atoms with Gasteiger partial charge in [0.15, 0.2) is 0 Å². The van der Waals surface area contributed by atoms with Gasteiger partial charge in [0, 0.05) is 16.2 Å². The number of aromatic carboxylic acids is 1. The van der Waals surface area contributed by atoms with Crippen LogP contribution in [-0.2, 0) is 11.2 Å². The van der Waals surface area contributed by atoms with E-state index in [-0.39, 0.29) is 16.9 Å². The Labute approximate surface area is 142 Å². The van der Waals surface area contributed by atoms with E-state index < -0.39 is 35.0 Å². The molecule has 1 heterocycles. The molecule has 9 heteroatoms. The average molecular weight is 406 g/mol. The summed E-state index contributed by atoms with van der Waals surface area (Å²) in [7, 11) is 0. The number of nitrogens with zero attached hydrogens (tertiary/aromatic N) is 1. The zero-order chi connectivity index (χ0) is 17.1. The lowest BCUT2D eigenvalue weighted by molar-refractivity contribution is -0.115. The summed E-state index contributed by atoms with van der Waals surface area (Å²) in [6.45, 7) is 0. The van der Waals surface area contributed by atoms with Gasteiger partial charge in [-0.2, -0.15) is 0 Å². The second kappa shape index (κ2) is 7.01. The molecule has 120 valence electrons. The van der Waals surface area contributed by atoms with Crippen molar-refractivity contribution < 1.29 is 23.5 Å². The fourth-order valence-corrected chi connectivity index (χ4v) is 2.32. The lowest BCUT2D eigenvalue weighted by atomic mass is 10.1. The minimum absolute atomic E-state index is 0.210. The maximum absolute atomic E-state index is 13.6. The van der Waals surface area contributed by atoms with Crippen LogP contribution in [0.2, 0.25) is 5.02 Å². The highest BCUT2D eigenvalue weighted by atomic mass is 79.9. The van der Waals surface area contributed by atoms with Crippen molar-refractivity contribution in [2.45, 2.75) is 6.42 Å². The Morgan fingerprint density at radius 2 is 1.96 bits per heavy atom. The van der Waals surface area contributed by atoms with Crippen molar-refractivity contribution in [2.75, 3.05) is 5.32 Å². The number of benzene rings is 1. The molecule has 0 bridgehead atoms. The highest BCUT2D eigenvalue weighted by Gasteiger charge is 2.18. The van der Waals surface area contributed by atoms with E-state index in [1.165, 1.54) is 12.3 Å². The third-order valence-corrected chi connectivity index (χ3v) is 3.66. The SMILES string of the molecule is O=C(Cc1c(F)ccc(F)c1Cl)Nc1ncc(Br)cc1C(=O)O. The number of carboxylic acid groups (broad SMARTS) is 1. The Kier molecular flexibility index (Phi) is 5.27. The van der Waals surface area contributed by atoms with Gasteiger partial charge in [0.05, 0.1) is 11.4 Å². The molecule has 0 aliphatic rings. The zero-order valence-electron chi connectivity index (χ0n) is 11.2. The van der Waals surface area contributed by atoms with E-state index in [4.69, 9.17) is 16.7 Å². The topological polar surface area (TPSA) is 79.3 Å². The normalized spacial score (nSPS) is 10.4. The van der Waals surface area contributed by atoms with Crippen LogP contribution >= 0.6 is 27.5 Å². The van der Waals surface area contributed by atoms with Crippen LogP contribution in [0.3, 0.4) is 0 Å². The van der Waals surface area contributed by atoms with E-state index in [0.717, 1.165) is 12.1 Å². The Morgan fingerprint density at radius 1 is 1.30 bits per heavy atom.